The molecular weight excluding hydrogens is 433 g/mol. The smallest absolute Gasteiger partial charge is 0.475 e. The highest BCUT2D eigenvalue weighted by molar-refractivity contribution is 5.94. The highest BCUT2D eigenvalue weighted by atomic mass is 19.4. The third-order valence-corrected chi connectivity index (χ3v) is 4.99. The number of pyridine rings is 1. The Morgan fingerprint density at radius 1 is 1.19 bits per heavy atom. The van der Waals surface area contributed by atoms with Gasteiger partial charge in [-0.25, -0.2) is 14.8 Å². The summed E-state index contributed by atoms with van der Waals surface area (Å²) in [7, 11) is 0. The van der Waals surface area contributed by atoms with E-state index >= 15 is 0 Å². The summed E-state index contributed by atoms with van der Waals surface area (Å²) in [4.78, 5) is 35.6. The van der Waals surface area contributed by atoms with Crippen molar-refractivity contribution >= 4 is 11.9 Å². The van der Waals surface area contributed by atoms with Gasteiger partial charge in [0.25, 0.3) is 5.91 Å². The summed E-state index contributed by atoms with van der Waals surface area (Å²) in [6.07, 6.45) is 4.02. The van der Waals surface area contributed by atoms with Gasteiger partial charge in [-0.05, 0) is 31.0 Å². The van der Waals surface area contributed by atoms with Crippen LogP contribution in [0.3, 0.4) is 0 Å². The van der Waals surface area contributed by atoms with E-state index in [2.05, 4.69) is 15.0 Å². The summed E-state index contributed by atoms with van der Waals surface area (Å²) in [6, 6.07) is 5.62. The van der Waals surface area contributed by atoms with Crippen molar-refractivity contribution in [1.29, 1.82) is 0 Å². The summed E-state index contributed by atoms with van der Waals surface area (Å²) in [5.74, 6) is -2.73. The topological polar surface area (TPSA) is 115 Å². The Balaban J connectivity index is 0.000000360. The molecule has 1 N–H and O–H groups in total. The fraction of sp³-hybridized carbons (Fsp3) is 0.450. The number of amides is 1. The molecule has 2 aliphatic rings. The van der Waals surface area contributed by atoms with Crippen LogP contribution >= 0.6 is 0 Å². The first-order chi connectivity index (χ1) is 15.2. The zero-order valence-electron chi connectivity index (χ0n) is 16.9. The van der Waals surface area contributed by atoms with Gasteiger partial charge in [0.05, 0.1) is 18.8 Å². The fourth-order valence-electron chi connectivity index (χ4n) is 3.61. The molecule has 0 aromatic carbocycles. The number of hydrogen-bond acceptors (Lipinski definition) is 7. The van der Waals surface area contributed by atoms with E-state index in [0.29, 0.717) is 24.7 Å². The minimum atomic E-state index is -5.08. The Bertz CT molecular complexity index is 916. The maximum absolute atomic E-state index is 12.7. The van der Waals surface area contributed by atoms with E-state index < -0.39 is 12.1 Å². The maximum Gasteiger partial charge on any atom is 0.490 e. The summed E-state index contributed by atoms with van der Waals surface area (Å²) in [5.41, 5.74) is 0.330. The lowest BCUT2D eigenvalue weighted by molar-refractivity contribution is -0.192. The average Bonchev–Trinajstić information content (AvgIpc) is 3.15. The Hall–Kier alpha value is -3.28. The number of carboxylic acid groups (broad SMARTS) is 1. The predicted molar refractivity (Wildman–Crippen MR) is 103 cm³/mol. The van der Waals surface area contributed by atoms with Crippen LogP contribution < -0.4 is 4.74 Å². The Labute approximate surface area is 181 Å². The Kier molecular flexibility index (Phi) is 7.23. The van der Waals surface area contributed by atoms with Crippen LogP contribution in [0.5, 0.6) is 6.01 Å². The van der Waals surface area contributed by atoms with Gasteiger partial charge in [0.2, 0.25) is 0 Å². The summed E-state index contributed by atoms with van der Waals surface area (Å²) >= 11 is 0. The number of nitrogens with zero attached hydrogens (tertiary/aromatic N) is 4. The molecule has 2 aromatic heterocycles. The molecule has 2 aromatic rings. The van der Waals surface area contributed by atoms with Crippen molar-refractivity contribution in [2.45, 2.75) is 37.1 Å². The van der Waals surface area contributed by atoms with Crippen molar-refractivity contribution in [2.24, 2.45) is 0 Å². The Morgan fingerprint density at radius 3 is 2.47 bits per heavy atom. The van der Waals surface area contributed by atoms with Crippen LogP contribution in [-0.2, 0) is 9.53 Å². The molecule has 172 valence electrons. The molecule has 2 unspecified atom stereocenters. The lowest BCUT2D eigenvalue weighted by Gasteiger charge is -2.39. The SMILES string of the molecule is O=C(O)C(F)(F)F.O=C(c1ccncc1)N1CCCC2(CC(Oc3ncccn3)CO2)C1. The molecule has 1 spiro atoms. The summed E-state index contributed by atoms with van der Waals surface area (Å²) < 4.78 is 43.7. The molecule has 0 bridgehead atoms. The van der Waals surface area contributed by atoms with Crippen LogP contribution in [-0.4, -0.2) is 74.4 Å². The van der Waals surface area contributed by atoms with Gasteiger partial charge in [0.1, 0.15) is 6.10 Å². The highest BCUT2D eigenvalue weighted by Crippen LogP contribution is 2.36. The van der Waals surface area contributed by atoms with Crippen molar-refractivity contribution < 1.29 is 37.3 Å². The van der Waals surface area contributed by atoms with Gasteiger partial charge in [-0.2, -0.15) is 13.2 Å². The van der Waals surface area contributed by atoms with Gasteiger partial charge in [-0.3, -0.25) is 9.78 Å². The highest BCUT2D eigenvalue weighted by Gasteiger charge is 2.45. The molecule has 4 heterocycles. The number of alkyl halides is 3. The fourth-order valence-corrected chi connectivity index (χ4v) is 3.61. The summed E-state index contributed by atoms with van der Waals surface area (Å²) in [5, 5.41) is 7.12. The second-order valence-electron chi connectivity index (χ2n) is 7.34. The normalized spacial score (nSPS) is 22.7. The number of likely N-dealkylation sites (tertiary alicyclic amines) is 1. The monoisotopic (exact) mass is 454 g/mol. The number of hydrogen-bond donors (Lipinski definition) is 1. The minimum absolute atomic E-state index is 0.0286. The van der Waals surface area contributed by atoms with E-state index in [1.165, 1.54) is 0 Å². The van der Waals surface area contributed by atoms with Crippen LogP contribution in [0.25, 0.3) is 0 Å². The van der Waals surface area contributed by atoms with Crippen LogP contribution in [0.2, 0.25) is 0 Å². The molecule has 0 aliphatic carbocycles. The number of rotatable bonds is 3. The number of ether oxygens (including phenoxy) is 2. The van der Waals surface area contributed by atoms with Crippen LogP contribution in [0, 0.1) is 0 Å². The zero-order valence-corrected chi connectivity index (χ0v) is 16.9. The number of carbonyl (C=O) groups excluding carboxylic acids is 1. The predicted octanol–water partition coefficient (Wildman–Crippen LogP) is 2.35. The van der Waals surface area contributed by atoms with Gasteiger partial charge in [-0.15, -0.1) is 0 Å². The molecule has 9 nitrogen and oxygen atoms in total. The van der Waals surface area contributed by atoms with E-state index in [9.17, 15) is 18.0 Å². The lowest BCUT2D eigenvalue weighted by Crippen LogP contribution is -2.50. The van der Waals surface area contributed by atoms with Gasteiger partial charge < -0.3 is 19.5 Å². The molecule has 2 fully saturated rings. The molecule has 2 atom stereocenters. The van der Waals surface area contributed by atoms with Crippen molar-refractivity contribution in [2.75, 3.05) is 19.7 Å². The van der Waals surface area contributed by atoms with Gasteiger partial charge >= 0.3 is 18.2 Å². The number of halogens is 3. The second-order valence-corrected chi connectivity index (χ2v) is 7.34. The van der Waals surface area contributed by atoms with Crippen molar-refractivity contribution in [3.63, 3.8) is 0 Å². The van der Waals surface area contributed by atoms with Gasteiger partial charge in [0.15, 0.2) is 0 Å². The molecule has 32 heavy (non-hydrogen) atoms. The molecule has 0 radical (unpaired) electrons. The number of aromatic nitrogens is 3. The average molecular weight is 454 g/mol. The van der Waals surface area contributed by atoms with E-state index in [1.54, 1.807) is 43.0 Å². The van der Waals surface area contributed by atoms with E-state index in [-0.39, 0.29) is 17.6 Å². The molecule has 2 aliphatic heterocycles. The lowest BCUT2D eigenvalue weighted by atomic mass is 9.89. The van der Waals surface area contributed by atoms with Crippen LogP contribution in [0.1, 0.15) is 29.6 Å². The first-order valence-corrected chi connectivity index (χ1v) is 9.76. The largest absolute Gasteiger partial charge is 0.490 e. The van der Waals surface area contributed by atoms with Crippen LogP contribution in [0.4, 0.5) is 13.2 Å². The number of carbonyl (C=O) groups is 2. The standard InChI is InChI=1S/C18H20N4O3.C2HF3O2/c23-16(14-3-8-19-9-4-14)22-10-1-5-18(13-22)11-15(12-24-18)25-17-20-6-2-7-21-17;3-2(4,5)1(6)7/h2-4,6-9,15H,1,5,10-13H2;(H,6,7). The molecule has 1 amide bonds. The molecule has 2 saturated heterocycles. The minimum Gasteiger partial charge on any atom is -0.475 e. The van der Waals surface area contributed by atoms with E-state index in [1.807, 2.05) is 4.90 Å². The third-order valence-electron chi connectivity index (χ3n) is 4.99. The van der Waals surface area contributed by atoms with Crippen molar-refractivity contribution in [1.82, 2.24) is 19.9 Å². The van der Waals surface area contributed by atoms with Gasteiger partial charge in [0, 0.05) is 43.3 Å². The molecular formula is C20H21F3N4O5. The van der Waals surface area contributed by atoms with E-state index in [0.717, 1.165) is 25.8 Å². The van der Waals surface area contributed by atoms with Crippen molar-refractivity contribution in [3.8, 4) is 6.01 Å². The number of piperidine rings is 1. The molecule has 0 saturated carbocycles. The second kappa shape index (κ2) is 9.90. The van der Waals surface area contributed by atoms with Crippen LogP contribution in [0.15, 0.2) is 43.0 Å². The maximum atomic E-state index is 12.7. The summed E-state index contributed by atoms with van der Waals surface area (Å²) in [6.45, 7) is 1.83. The first kappa shape index (κ1) is 23.4. The number of carboxylic acids is 1. The molecule has 12 heteroatoms. The number of aliphatic carboxylic acids is 1. The van der Waals surface area contributed by atoms with Crippen molar-refractivity contribution in [3.05, 3.63) is 48.5 Å². The zero-order chi connectivity index (χ0) is 23.2. The third kappa shape index (κ3) is 6.13. The molecule has 4 rings (SSSR count). The Morgan fingerprint density at radius 2 is 1.84 bits per heavy atom. The quantitative estimate of drug-likeness (QED) is 0.752. The first-order valence-electron chi connectivity index (χ1n) is 9.76. The van der Waals surface area contributed by atoms with Gasteiger partial charge in [-0.1, -0.05) is 0 Å². The van der Waals surface area contributed by atoms with E-state index in [4.69, 9.17) is 19.4 Å².